The van der Waals surface area contributed by atoms with Crippen LogP contribution < -0.4 is 10.6 Å². The first-order chi connectivity index (χ1) is 9.06. The predicted octanol–water partition coefficient (Wildman–Crippen LogP) is 0.892. The number of carbonyl (C=O) groups is 2. The fourth-order valence-electron chi connectivity index (χ4n) is 1.92. The molecule has 0 saturated carbocycles. The summed E-state index contributed by atoms with van der Waals surface area (Å²) in [5, 5.41) is 15.0. The van der Waals surface area contributed by atoms with Crippen LogP contribution in [-0.4, -0.2) is 39.8 Å². The van der Waals surface area contributed by atoms with Gasteiger partial charge in [-0.1, -0.05) is 6.07 Å². The van der Waals surface area contributed by atoms with Crippen LogP contribution in [0.25, 0.3) is 0 Å². The van der Waals surface area contributed by atoms with E-state index in [9.17, 15) is 14.8 Å². The first-order valence-electron chi connectivity index (χ1n) is 6.07. The highest BCUT2D eigenvalue weighted by molar-refractivity contribution is 5.93. The van der Waals surface area contributed by atoms with Gasteiger partial charge in [0.25, 0.3) is 5.91 Å². The Morgan fingerprint density at radius 1 is 1.53 bits per heavy atom. The fraction of sp³-hybridized carbons (Fsp3) is 0.417. The number of anilines is 1. The minimum absolute atomic E-state index is 0.304. The number of piperidine rings is 1. The molecule has 7 nitrogen and oxygen atoms in total. The molecule has 7 heteroatoms. The number of nitrogens with zero attached hydrogens (tertiary/aromatic N) is 2. The molecule has 0 aromatic carbocycles. The number of pyridine rings is 1. The molecule has 1 fully saturated rings. The molecule has 19 heavy (non-hydrogen) atoms. The second-order valence-corrected chi connectivity index (χ2v) is 4.42. The Morgan fingerprint density at radius 3 is 3.05 bits per heavy atom. The van der Waals surface area contributed by atoms with Crippen LogP contribution in [0.3, 0.4) is 0 Å². The lowest BCUT2D eigenvalue weighted by Gasteiger charge is -2.27. The SMILES string of the molecule is Cc1cccc(NC(=O)N[C@H]2CCCN(O)C2=O)n1. The van der Waals surface area contributed by atoms with Gasteiger partial charge < -0.3 is 5.32 Å². The number of hydrogen-bond acceptors (Lipinski definition) is 4. The van der Waals surface area contributed by atoms with Gasteiger partial charge in [0.2, 0.25) is 0 Å². The molecule has 1 aliphatic heterocycles. The van der Waals surface area contributed by atoms with Crippen molar-refractivity contribution in [3.8, 4) is 0 Å². The van der Waals surface area contributed by atoms with Crippen LogP contribution in [0.4, 0.5) is 10.6 Å². The van der Waals surface area contributed by atoms with E-state index in [-0.39, 0.29) is 0 Å². The maximum absolute atomic E-state index is 11.7. The van der Waals surface area contributed by atoms with Gasteiger partial charge in [0.1, 0.15) is 11.9 Å². The number of rotatable bonds is 2. The molecule has 2 rings (SSSR count). The van der Waals surface area contributed by atoms with Crippen molar-refractivity contribution in [3.63, 3.8) is 0 Å². The van der Waals surface area contributed by atoms with Gasteiger partial charge in [-0.15, -0.1) is 0 Å². The Hall–Kier alpha value is -2.15. The Bertz CT molecular complexity index is 492. The lowest BCUT2D eigenvalue weighted by atomic mass is 10.1. The summed E-state index contributed by atoms with van der Waals surface area (Å²) in [6.07, 6.45) is 1.17. The summed E-state index contributed by atoms with van der Waals surface area (Å²) >= 11 is 0. The smallest absolute Gasteiger partial charge is 0.321 e. The van der Waals surface area contributed by atoms with Gasteiger partial charge >= 0.3 is 6.03 Å². The molecule has 1 aromatic heterocycles. The highest BCUT2D eigenvalue weighted by Crippen LogP contribution is 2.10. The van der Waals surface area contributed by atoms with E-state index >= 15 is 0 Å². The molecular formula is C12H16N4O3. The molecule has 0 bridgehead atoms. The Kier molecular flexibility index (Phi) is 3.96. The van der Waals surface area contributed by atoms with Crippen LogP contribution in [-0.2, 0) is 4.79 Å². The van der Waals surface area contributed by atoms with Gasteiger partial charge in [-0.3, -0.25) is 15.3 Å². The first-order valence-corrected chi connectivity index (χ1v) is 6.07. The molecule has 2 heterocycles. The molecular weight excluding hydrogens is 248 g/mol. The van der Waals surface area contributed by atoms with Crippen molar-refractivity contribution in [2.45, 2.75) is 25.8 Å². The third kappa shape index (κ3) is 3.41. The number of hydroxylamine groups is 2. The van der Waals surface area contributed by atoms with E-state index in [0.717, 1.165) is 5.69 Å². The quantitative estimate of drug-likeness (QED) is 0.691. The summed E-state index contributed by atoms with van der Waals surface area (Å²) in [5.74, 6) is -0.0692. The number of hydrogen-bond donors (Lipinski definition) is 3. The number of urea groups is 1. The molecule has 1 saturated heterocycles. The van der Waals surface area contributed by atoms with Crippen molar-refractivity contribution >= 4 is 17.8 Å². The molecule has 1 aliphatic rings. The van der Waals surface area contributed by atoms with E-state index in [4.69, 9.17) is 0 Å². The topological polar surface area (TPSA) is 94.6 Å². The molecule has 0 radical (unpaired) electrons. The van der Waals surface area contributed by atoms with E-state index in [2.05, 4.69) is 15.6 Å². The van der Waals surface area contributed by atoms with Crippen LogP contribution >= 0.6 is 0 Å². The monoisotopic (exact) mass is 264 g/mol. The molecule has 102 valence electrons. The van der Waals surface area contributed by atoms with Crippen LogP contribution in [0.1, 0.15) is 18.5 Å². The Morgan fingerprint density at radius 2 is 2.32 bits per heavy atom. The highest BCUT2D eigenvalue weighted by atomic mass is 16.5. The molecule has 1 atom stereocenters. The van der Waals surface area contributed by atoms with Crippen LogP contribution in [0, 0.1) is 6.92 Å². The van der Waals surface area contributed by atoms with Crippen molar-refractivity contribution in [1.82, 2.24) is 15.4 Å². The maximum atomic E-state index is 11.7. The zero-order valence-electron chi connectivity index (χ0n) is 10.6. The van der Waals surface area contributed by atoms with Crippen LogP contribution in [0.2, 0.25) is 0 Å². The molecule has 3 N–H and O–H groups in total. The number of amides is 3. The zero-order chi connectivity index (χ0) is 13.8. The third-order valence-corrected chi connectivity index (χ3v) is 2.85. The van der Waals surface area contributed by atoms with Gasteiger partial charge in [0, 0.05) is 12.2 Å². The Labute approximate surface area is 110 Å². The summed E-state index contributed by atoms with van der Waals surface area (Å²) in [6.45, 7) is 2.12. The van der Waals surface area contributed by atoms with Gasteiger partial charge in [0.15, 0.2) is 0 Å². The zero-order valence-corrected chi connectivity index (χ0v) is 10.6. The van der Waals surface area contributed by atoms with E-state index in [1.165, 1.54) is 0 Å². The molecule has 0 unspecified atom stereocenters. The Balaban J connectivity index is 1.92. The third-order valence-electron chi connectivity index (χ3n) is 2.85. The van der Waals surface area contributed by atoms with E-state index < -0.39 is 18.0 Å². The largest absolute Gasteiger partial charge is 0.326 e. The van der Waals surface area contributed by atoms with Gasteiger partial charge in [-0.2, -0.15) is 0 Å². The summed E-state index contributed by atoms with van der Waals surface area (Å²) in [7, 11) is 0. The van der Waals surface area contributed by atoms with Gasteiger partial charge in [-0.05, 0) is 31.9 Å². The minimum Gasteiger partial charge on any atom is -0.326 e. The number of aromatic nitrogens is 1. The average molecular weight is 264 g/mol. The van der Waals surface area contributed by atoms with E-state index in [1.807, 2.05) is 13.0 Å². The van der Waals surface area contributed by atoms with Crippen LogP contribution in [0.15, 0.2) is 18.2 Å². The maximum Gasteiger partial charge on any atom is 0.321 e. The van der Waals surface area contributed by atoms with Crippen molar-refractivity contribution < 1.29 is 14.8 Å². The van der Waals surface area contributed by atoms with Crippen molar-refractivity contribution in [3.05, 3.63) is 23.9 Å². The second kappa shape index (κ2) is 5.66. The van der Waals surface area contributed by atoms with Crippen molar-refractivity contribution in [1.29, 1.82) is 0 Å². The van der Waals surface area contributed by atoms with Crippen molar-refractivity contribution in [2.24, 2.45) is 0 Å². The molecule has 1 aromatic rings. The summed E-state index contributed by atoms with van der Waals surface area (Å²) in [5.41, 5.74) is 0.785. The summed E-state index contributed by atoms with van der Waals surface area (Å²) in [6, 6.07) is 4.06. The minimum atomic E-state index is -0.691. The van der Waals surface area contributed by atoms with Crippen LogP contribution in [0.5, 0.6) is 0 Å². The second-order valence-electron chi connectivity index (χ2n) is 4.42. The number of nitrogens with one attached hydrogen (secondary N) is 2. The fourth-order valence-corrected chi connectivity index (χ4v) is 1.92. The number of carbonyl (C=O) groups excluding carboxylic acids is 2. The molecule has 3 amide bonds. The molecule has 0 aliphatic carbocycles. The summed E-state index contributed by atoms with van der Waals surface area (Å²) < 4.78 is 0. The highest BCUT2D eigenvalue weighted by Gasteiger charge is 2.29. The predicted molar refractivity (Wildman–Crippen MR) is 67.6 cm³/mol. The van der Waals surface area contributed by atoms with E-state index in [1.54, 1.807) is 12.1 Å². The normalized spacial score (nSPS) is 19.2. The molecule has 0 spiro atoms. The van der Waals surface area contributed by atoms with Gasteiger partial charge in [0.05, 0.1) is 0 Å². The first kappa shape index (κ1) is 13.3. The van der Waals surface area contributed by atoms with E-state index in [0.29, 0.717) is 30.3 Å². The van der Waals surface area contributed by atoms with Crippen molar-refractivity contribution in [2.75, 3.05) is 11.9 Å². The lowest BCUT2D eigenvalue weighted by molar-refractivity contribution is -0.172. The summed E-state index contributed by atoms with van der Waals surface area (Å²) in [4.78, 5) is 27.4. The average Bonchev–Trinajstić information content (AvgIpc) is 2.35. The standard InChI is InChI=1S/C12H16N4O3/c1-8-4-2-6-10(13-8)15-12(18)14-9-5-3-7-16(19)11(9)17/h2,4,6,9,19H,3,5,7H2,1H3,(H2,13,14,15,18)/t9-/m0/s1. The van der Waals surface area contributed by atoms with Gasteiger partial charge in [-0.25, -0.2) is 14.8 Å². The number of aryl methyl sites for hydroxylation is 1. The lowest BCUT2D eigenvalue weighted by Crippen LogP contribution is -2.52.